The summed E-state index contributed by atoms with van der Waals surface area (Å²) >= 11 is 0. The monoisotopic (exact) mass is 177 g/mol. The van der Waals surface area contributed by atoms with Crippen molar-refractivity contribution >= 4 is 0 Å². The first kappa shape index (κ1) is 9.90. The lowest BCUT2D eigenvalue weighted by molar-refractivity contribution is 0.0968. The minimum atomic E-state index is -2.17. The fraction of sp³-hybridized carbons (Fsp3) is 1.00. The maximum atomic E-state index is 12.0. The van der Waals surface area contributed by atoms with Gasteiger partial charge in [-0.3, -0.25) is 4.90 Å². The molecule has 0 unspecified atom stereocenters. The second-order valence-electron chi connectivity index (χ2n) is 3.94. The van der Waals surface area contributed by atoms with Crippen molar-refractivity contribution in [2.24, 2.45) is 11.8 Å². The SMILES string of the molecule is CC(C)[C@H]1CCN(CC(F)F)C1. The summed E-state index contributed by atoms with van der Waals surface area (Å²) in [7, 11) is 0. The van der Waals surface area contributed by atoms with Gasteiger partial charge in [0.2, 0.25) is 0 Å². The van der Waals surface area contributed by atoms with Crippen LogP contribution in [0, 0.1) is 11.8 Å². The lowest BCUT2D eigenvalue weighted by Gasteiger charge is -2.16. The highest BCUT2D eigenvalue weighted by molar-refractivity contribution is 4.77. The molecule has 0 amide bonds. The van der Waals surface area contributed by atoms with E-state index in [0.717, 1.165) is 19.5 Å². The van der Waals surface area contributed by atoms with Crippen molar-refractivity contribution in [3.05, 3.63) is 0 Å². The van der Waals surface area contributed by atoms with Gasteiger partial charge in [0.05, 0.1) is 6.54 Å². The van der Waals surface area contributed by atoms with Crippen LogP contribution in [0.5, 0.6) is 0 Å². The second-order valence-corrected chi connectivity index (χ2v) is 3.94. The Bertz CT molecular complexity index is 136. The average Bonchev–Trinajstić information content (AvgIpc) is 2.34. The molecule has 0 saturated carbocycles. The van der Waals surface area contributed by atoms with Crippen molar-refractivity contribution in [2.45, 2.75) is 26.7 Å². The molecule has 1 aliphatic heterocycles. The Morgan fingerprint density at radius 1 is 1.42 bits per heavy atom. The molecule has 1 aliphatic rings. The van der Waals surface area contributed by atoms with Gasteiger partial charge in [-0.15, -0.1) is 0 Å². The van der Waals surface area contributed by atoms with E-state index in [4.69, 9.17) is 0 Å². The molecule has 1 nitrogen and oxygen atoms in total. The van der Waals surface area contributed by atoms with Crippen LogP contribution < -0.4 is 0 Å². The van der Waals surface area contributed by atoms with Crippen molar-refractivity contribution in [3.63, 3.8) is 0 Å². The van der Waals surface area contributed by atoms with Crippen LogP contribution in [0.25, 0.3) is 0 Å². The zero-order chi connectivity index (χ0) is 9.14. The summed E-state index contributed by atoms with van der Waals surface area (Å²) in [5.74, 6) is 1.26. The largest absolute Gasteiger partial charge is 0.297 e. The third kappa shape index (κ3) is 2.70. The highest BCUT2D eigenvalue weighted by Crippen LogP contribution is 2.23. The molecule has 1 atom stereocenters. The maximum absolute atomic E-state index is 12.0. The molecule has 0 radical (unpaired) electrons. The number of hydrogen-bond donors (Lipinski definition) is 0. The summed E-state index contributed by atoms with van der Waals surface area (Å²) in [4.78, 5) is 1.87. The minimum Gasteiger partial charge on any atom is -0.297 e. The predicted octanol–water partition coefficient (Wildman–Crippen LogP) is 2.23. The van der Waals surface area contributed by atoms with Crippen molar-refractivity contribution < 1.29 is 8.78 Å². The van der Waals surface area contributed by atoms with Gasteiger partial charge < -0.3 is 0 Å². The van der Waals surface area contributed by atoms with Crippen molar-refractivity contribution in [2.75, 3.05) is 19.6 Å². The fourth-order valence-electron chi connectivity index (χ4n) is 1.77. The third-order valence-electron chi connectivity index (χ3n) is 2.65. The van der Waals surface area contributed by atoms with Gasteiger partial charge in [0.25, 0.3) is 6.43 Å². The van der Waals surface area contributed by atoms with Crippen LogP contribution in [0.3, 0.4) is 0 Å². The van der Waals surface area contributed by atoms with E-state index in [-0.39, 0.29) is 6.54 Å². The van der Waals surface area contributed by atoms with Gasteiger partial charge in [0, 0.05) is 6.54 Å². The molecular weight excluding hydrogens is 160 g/mol. The third-order valence-corrected chi connectivity index (χ3v) is 2.65. The molecule has 0 aliphatic carbocycles. The van der Waals surface area contributed by atoms with Crippen molar-refractivity contribution in [3.8, 4) is 0 Å². The van der Waals surface area contributed by atoms with Gasteiger partial charge in [-0.2, -0.15) is 0 Å². The highest BCUT2D eigenvalue weighted by Gasteiger charge is 2.26. The Balaban J connectivity index is 2.26. The number of nitrogens with zero attached hydrogens (tertiary/aromatic N) is 1. The Morgan fingerprint density at radius 2 is 2.08 bits per heavy atom. The van der Waals surface area contributed by atoms with Gasteiger partial charge in [-0.1, -0.05) is 13.8 Å². The van der Waals surface area contributed by atoms with Gasteiger partial charge in [-0.05, 0) is 24.8 Å². The van der Waals surface area contributed by atoms with Crippen LogP contribution in [-0.2, 0) is 0 Å². The zero-order valence-corrected chi connectivity index (χ0v) is 7.76. The zero-order valence-electron chi connectivity index (χ0n) is 7.76. The second kappa shape index (κ2) is 4.17. The van der Waals surface area contributed by atoms with E-state index in [9.17, 15) is 8.78 Å². The van der Waals surface area contributed by atoms with Gasteiger partial charge in [0.15, 0.2) is 0 Å². The summed E-state index contributed by atoms with van der Waals surface area (Å²) in [6.07, 6.45) is -1.08. The van der Waals surface area contributed by atoms with E-state index < -0.39 is 6.43 Å². The number of hydrogen-bond acceptors (Lipinski definition) is 1. The molecule has 0 spiro atoms. The van der Waals surface area contributed by atoms with Crippen LogP contribution >= 0.6 is 0 Å². The van der Waals surface area contributed by atoms with E-state index >= 15 is 0 Å². The van der Waals surface area contributed by atoms with Crippen LogP contribution in [0.2, 0.25) is 0 Å². The molecule has 0 aromatic carbocycles. The summed E-state index contributed by atoms with van der Waals surface area (Å²) in [5, 5.41) is 0. The van der Waals surface area contributed by atoms with Crippen molar-refractivity contribution in [1.29, 1.82) is 0 Å². The maximum Gasteiger partial charge on any atom is 0.251 e. The number of halogens is 2. The topological polar surface area (TPSA) is 3.24 Å². The van der Waals surface area contributed by atoms with Gasteiger partial charge >= 0.3 is 0 Å². The van der Waals surface area contributed by atoms with Crippen molar-refractivity contribution in [1.82, 2.24) is 4.90 Å². The van der Waals surface area contributed by atoms with Crippen LogP contribution in [0.4, 0.5) is 8.78 Å². The average molecular weight is 177 g/mol. The highest BCUT2D eigenvalue weighted by atomic mass is 19.3. The first-order chi connectivity index (χ1) is 5.59. The summed E-state index contributed by atoms with van der Waals surface area (Å²) in [6, 6.07) is 0. The van der Waals surface area contributed by atoms with E-state index in [1.165, 1.54) is 0 Å². The molecule has 0 aromatic rings. The number of alkyl halides is 2. The van der Waals surface area contributed by atoms with E-state index in [0.29, 0.717) is 11.8 Å². The summed E-state index contributed by atoms with van der Waals surface area (Å²) in [5.41, 5.74) is 0. The number of rotatable bonds is 3. The Labute approximate surface area is 72.7 Å². The molecule has 1 fully saturated rings. The first-order valence-electron chi connectivity index (χ1n) is 4.60. The smallest absolute Gasteiger partial charge is 0.251 e. The van der Waals surface area contributed by atoms with Gasteiger partial charge in [0.1, 0.15) is 0 Å². The Morgan fingerprint density at radius 3 is 2.50 bits per heavy atom. The lowest BCUT2D eigenvalue weighted by atomic mass is 9.95. The van der Waals surface area contributed by atoms with Gasteiger partial charge in [-0.25, -0.2) is 8.78 Å². The molecule has 12 heavy (non-hydrogen) atoms. The molecule has 1 heterocycles. The van der Waals surface area contributed by atoms with E-state index in [1.54, 1.807) is 0 Å². The minimum absolute atomic E-state index is 0.0385. The van der Waals surface area contributed by atoms with Crippen LogP contribution in [0.1, 0.15) is 20.3 Å². The summed E-state index contributed by atoms with van der Waals surface area (Å²) < 4.78 is 23.9. The predicted molar refractivity (Wildman–Crippen MR) is 45.4 cm³/mol. The molecule has 0 aromatic heterocycles. The lowest BCUT2D eigenvalue weighted by Crippen LogP contribution is -2.27. The molecule has 0 bridgehead atoms. The molecule has 3 heteroatoms. The normalized spacial score (nSPS) is 26.0. The Kier molecular flexibility index (Phi) is 3.44. The van der Waals surface area contributed by atoms with E-state index in [2.05, 4.69) is 13.8 Å². The van der Waals surface area contributed by atoms with Crippen LogP contribution in [-0.4, -0.2) is 31.0 Å². The Hall–Kier alpha value is -0.180. The molecule has 72 valence electrons. The fourth-order valence-corrected chi connectivity index (χ4v) is 1.77. The quantitative estimate of drug-likeness (QED) is 0.639. The summed E-state index contributed by atoms with van der Waals surface area (Å²) in [6.45, 7) is 6.01. The molecule has 1 rings (SSSR count). The standard InChI is InChI=1S/C9H17F2N/c1-7(2)8-3-4-12(5-8)6-9(10)11/h7-9H,3-6H2,1-2H3/t8-/m0/s1. The van der Waals surface area contributed by atoms with Crippen LogP contribution in [0.15, 0.2) is 0 Å². The molecule has 1 saturated heterocycles. The number of likely N-dealkylation sites (tertiary alicyclic amines) is 1. The first-order valence-corrected chi connectivity index (χ1v) is 4.60. The molecular formula is C9H17F2N. The molecule has 0 N–H and O–H groups in total. The van der Waals surface area contributed by atoms with E-state index in [1.807, 2.05) is 4.90 Å².